The molecule has 1 aliphatic heterocycles. The minimum atomic E-state index is -0.426. The maximum Gasteiger partial charge on any atom is 0.253 e. The molecule has 6 heteroatoms. The first-order chi connectivity index (χ1) is 11.7. The highest BCUT2D eigenvalue weighted by atomic mass is 19.1. The Hall–Kier alpha value is -2.21. The van der Waals surface area contributed by atoms with E-state index in [1.165, 1.54) is 12.1 Å². The average Bonchev–Trinajstić information content (AvgIpc) is 3.29. The molecule has 2 heterocycles. The predicted molar refractivity (Wildman–Crippen MR) is 86.5 cm³/mol. The first-order valence-electron chi connectivity index (χ1n) is 8.36. The molecule has 4 rings (SSSR count). The van der Waals surface area contributed by atoms with Crippen LogP contribution in [0.2, 0.25) is 0 Å². The summed E-state index contributed by atoms with van der Waals surface area (Å²) in [7, 11) is 0. The third-order valence-corrected chi connectivity index (χ3v) is 5.33. The third kappa shape index (κ3) is 2.60. The molecule has 0 bridgehead atoms. The SMILES string of the molecule is O=C(NCC12CCCC1OCC2)c1cc(F)ccc1-n1ccnc1. The molecule has 2 aromatic rings. The van der Waals surface area contributed by atoms with E-state index in [0.29, 0.717) is 17.8 Å². The van der Waals surface area contributed by atoms with Gasteiger partial charge in [0.25, 0.3) is 5.91 Å². The number of nitrogens with one attached hydrogen (secondary N) is 1. The van der Waals surface area contributed by atoms with Crippen molar-refractivity contribution < 1.29 is 13.9 Å². The van der Waals surface area contributed by atoms with Gasteiger partial charge in [-0.15, -0.1) is 0 Å². The van der Waals surface area contributed by atoms with Crippen LogP contribution in [0, 0.1) is 11.2 Å². The van der Waals surface area contributed by atoms with Crippen molar-refractivity contribution in [2.24, 2.45) is 5.41 Å². The molecule has 1 saturated carbocycles. The van der Waals surface area contributed by atoms with Crippen LogP contribution in [0.3, 0.4) is 0 Å². The van der Waals surface area contributed by atoms with Gasteiger partial charge in [-0.2, -0.15) is 0 Å². The second-order valence-corrected chi connectivity index (χ2v) is 6.68. The summed E-state index contributed by atoms with van der Waals surface area (Å²) in [6.07, 6.45) is 9.48. The molecule has 5 nitrogen and oxygen atoms in total. The summed E-state index contributed by atoms with van der Waals surface area (Å²) in [6.45, 7) is 1.34. The van der Waals surface area contributed by atoms with Crippen LogP contribution in [0.1, 0.15) is 36.0 Å². The minimum Gasteiger partial charge on any atom is -0.378 e. The first kappa shape index (κ1) is 15.3. The summed E-state index contributed by atoms with van der Waals surface area (Å²) in [6, 6.07) is 4.23. The van der Waals surface area contributed by atoms with E-state index >= 15 is 0 Å². The lowest BCUT2D eigenvalue weighted by Crippen LogP contribution is -2.40. The topological polar surface area (TPSA) is 56.1 Å². The van der Waals surface area contributed by atoms with E-state index in [1.54, 1.807) is 29.4 Å². The Bertz CT molecular complexity index is 735. The van der Waals surface area contributed by atoms with Crippen LogP contribution >= 0.6 is 0 Å². The second kappa shape index (κ2) is 6.02. The monoisotopic (exact) mass is 329 g/mol. The zero-order chi connectivity index (χ0) is 16.6. The number of fused-ring (bicyclic) bond motifs is 1. The number of carbonyl (C=O) groups excluding carboxylic acids is 1. The fourth-order valence-electron chi connectivity index (χ4n) is 4.02. The van der Waals surface area contributed by atoms with Crippen LogP contribution in [0.4, 0.5) is 4.39 Å². The smallest absolute Gasteiger partial charge is 0.253 e. The van der Waals surface area contributed by atoms with E-state index < -0.39 is 5.82 Å². The maximum atomic E-state index is 13.7. The number of hydrogen-bond acceptors (Lipinski definition) is 3. The molecule has 0 spiro atoms. The molecular formula is C18H20FN3O2. The molecular weight excluding hydrogens is 309 g/mol. The van der Waals surface area contributed by atoms with Crippen LogP contribution in [0.25, 0.3) is 5.69 Å². The molecule has 126 valence electrons. The molecule has 0 radical (unpaired) electrons. The van der Waals surface area contributed by atoms with Crippen LogP contribution in [0.5, 0.6) is 0 Å². The number of halogens is 1. The average molecular weight is 329 g/mol. The number of benzene rings is 1. The Labute approximate surface area is 139 Å². The summed E-state index contributed by atoms with van der Waals surface area (Å²) in [5, 5.41) is 3.01. The van der Waals surface area contributed by atoms with Crippen molar-refractivity contribution in [1.29, 1.82) is 0 Å². The van der Waals surface area contributed by atoms with Gasteiger partial charge in [0.1, 0.15) is 5.82 Å². The molecule has 1 amide bonds. The summed E-state index contributed by atoms with van der Waals surface area (Å²) in [5.74, 6) is -0.685. The normalized spacial score (nSPS) is 25.6. The Morgan fingerprint density at radius 2 is 2.38 bits per heavy atom. The Morgan fingerprint density at radius 1 is 1.46 bits per heavy atom. The Morgan fingerprint density at radius 3 is 3.21 bits per heavy atom. The second-order valence-electron chi connectivity index (χ2n) is 6.68. The van der Waals surface area contributed by atoms with Gasteiger partial charge in [-0.1, -0.05) is 6.42 Å². The summed E-state index contributed by atoms with van der Waals surface area (Å²) >= 11 is 0. The number of rotatable bonds is 4. The van der Waals surface area contributed by atoms with Gasteiger partial charge >= 0.3 is 0 Å². The van der Waals surface area contributed by atoms with Crippen molar-refractivity contribution in [1.82, 2.24) is 14.9 Å². The minimum absolute atomic E-state index is 0.0537. The Kier molecular flexibility index (Phi) is 3.84. The number of ether oxygens (including phenoxy) is 1. The highest BCUT2D eigenvalue weighted by Crippen LogP contribution is 2.46. The molecule has 2 aliphatic rings. The van der Waals surface area contributed by atoms with E-state index in [-0.39, 0.29) is 17.4 Å². The molecule has 1 aromatic carbocycles. The lowest BCUT2D eigenvalue weighted by atomic mass is 9.83. The molecule has 1 aromatic heterocycles. The van der Waals surface area contributed by atoms with Crippen molar-refractivity contribution in [2.75, 3.05) is 13.2 Å². The molecule has 2 fully saturated rings. The molecule has 1 aliphatic carbocycles. The van der Waals surface area contributed by atoms with Gasteiger partial charge in [0.2, 0.25) is 0 Å². The largest absolute Gasteiger partial charge is 0.378 e. The van der Waals surface area contributed by atoms with Crippen molar-refractivity contribution in [3.05, 3.63) is 48.3 Å². The zero-order valence-electron chi connectivity index (χ0n) is 13.4. The van der Waals surface area contributed by atoms with Crippen molar-refractivity contribution in [3.63, 3.8) is 0 Å². The molecule has 2 unspecified atom stereocenters. The number of amides is 1. The van der Waals surface area contributed by atoms with Gasteiger partial charge in [-0.05, 0) is 37.5 Å². The quantitative estimate of drug-likeness (QED) is 0.938. The van der Waals surface area contributed by atoms with Crippen molar-refractivity contribution in [3.8, 4) is 5.69 Å². The highest BCUT2D eigenvalue weighted by molar-refractivity contribution is 5.97. The molecule has 2 atom stereocenters. The summed E-state index contributed by atoms with van der Waals surface area (Å²) in [5.41, 5.74) is 0.991. The Balaban J connectivity index is 1.55. The predicted octanol–water partition coefficient (Wildman–Crippen LogP) is 2.70. The van der Waals surface area contributed by atoms with Gasteiger partial charge in [-0.25, -0.2) is 9.37 Å². The highest BCUT2D eigenvalue weighted by Gasteiger charge is 2.47. The van der Waals surface area contributed by atoms with E-state index in [4.69, 9.17) is 4.74 Å². The summed E-state index contributed by atoms with van der Waals surface area (Å²) in [4.78, 5) is 16.7. The first-order valence-corrected chi connectivity index (χ1v) is 8.36. The third-order valence-electron chi connectivity index (χ3n) is 5.33. The van der Waals surface area contributed by atoms with E-state index in [9.17, 15) is 9.18 Å². The maximum absolute atomic E-state index is 13.7. The molecule has 1 N–H and O–H groups in total. The number of imidazole rings is 1. The number of aromatic nitrogens is 2. The van der Waals surface area contributed by atoms with Crippen molar-refractivity contribution in [2.45, 2.75) is 31.8 Å². The van der Waals surface area contributed by atoms with E-state index in [2.05, 4.69) is 10.3 Å². The lowest BCUT2D eigenvalue weighted by molar-refractivity contribution is 0.0669. The van der Waals surface area contributed by atoms with Gasteiger partial charge in [0, 0.05) is 31.0 Å². The lowest BCUT2D eigenvalue weighted by Gasteiger charge is -2.28. The standard InChI is InChI=1S/C18H20FN3O2/c19-13-3-4-15(22-8-7-20-12-22)14(10-13)17(23)21-11-18-5-1-2-16(18)24-9-6-18/h3-4,7-8,10,12,16H,1-2,5-6,9,11H2,(H,21,23). The van der Waals surface area contributed by atoms with Gasteiger partial charge in [0.05, 0.1) is 23.7 Å². The zero-order valence-corrected chi connectivity index (χ0v) is 13.4. The van der Waals surface area contributed by atoms with Gasteiger partial charge < -0.3 is 14.6 Å². The summed E-state index contributed by atoms with van der Waals surface area (Å²) < 4.78 is 21.2. The van der Waals surface area contributed by atoms with Crippen LogP contribution in [-0.4, -0.2) is 34.7 Å². The van der Waals surface area contributed by atoms with E-state index in [1.807, 2.05) is 0 Å². The van der Waals surface area contributed by atoms with Crippen LogP contribution in [0.15, 0.2) is 36.9 Å². The van der Waals surface area contributed by atoms with Crippen LogP contribution < -0.4 is 5.32 Å². The van der Waals surface area contributed by atoms with E-state index in [0.717, 1.165) is 32.3 Å². The fourth-order valence-corrected chi connectivity index (χ4v) is 4.02. The number of nitrogens with zero attached hydrogens (tertiary/aromatic N) is 2. The number of hydrogen-bond donors (Lipinski definition) is 1. The van der Waals surface area contributed by atoms with Gasteiger partial charge in [-0.3, -0.25) is 4.79 Å². The molecule has 24 heavy (non-hydrogen) atoms. The van der Waals surface area contributed by atoms with Gasteiger partial charge in [0.15, 0.2) is 0 Å². The van der Waals surface area contributed by atoms with Crippen molar-refractivity contribution >= 4 is 5.91 Å². The fraction of sp³-hybridized carbons (Fsp3) is 0.444. The molecule has 1 saturated heterocycles. The van der Waals surface area contributed by atoms with Crippen LogP contribution in [-0.2, 0) is 4.74 Å². The number of carbonyl (C=O) groups is 1.